The van der Waals surface area contributed by atoms with Gasteiger partial charge in [-0.05, 0) is 42.5 Å². The lowest BCUT2D eigenvalue weighted by Gasteiger charge is -2.33. The van der Waals surface area contributed by atoms with Crippen molar-refractivity contribution in [1.29, 1.82) is 0 Å². The first kappa shape index (κ1) is 18.9. The van der Waals surface area contributed by atoms with Gasteiger partial charge in [-0.1, -0.05) is 0 Å². The molecule has 0 saturated carbocycles. The van der Waals surface area contributed by atoms with E-state index in [0.29, 0.717) is 18.8 Å². The van der Waals surface area contributed by atoms with Gasteiger partial charge in [-0.3, -0.25) is 0 Å². The fourth-order valence-electron chi connectivity index (χ4n) is 3.15. The number of benzene rings is 2. The van der Waals surface area contributed by atoms with Crippen molar-refractivity contribution in [1.82, 2.24) is 0 Å². The molecule has 0 amide bonds. The summed E-state index contributed by atoms with van der Waals surface area (Å²) in [4.78, 5) is 12.7. The number of hydrogen-bond acceptors (Lipinski definition) is 5. The van der Waals surface area contributed by atoms with Crippen LogP contribution in [0, 0.1) is 4.91 Å². The van der Waals surface area contributed by atoms with E-state index in [1.807, 2.05) is 41.3 Å². The maximum atomic E-state index is 13.3. The largest absolute Gasteiger partial charge is 0.386 e. The molecule has 1 heterocycles. The van der Waals surface area contributed by atoms with E-state index in [-0.39, 0.29) is 12.8 Å². The van der Waals surface area contributed by atoms with Crippen molar-refractivity contribution in [3.63, 3.8) is 0 Å². The number of anilines is 5. The summed E-state index contributed by atoms with van der Waals surface area (Å²) in [5.41, 5.74) is 4.13. The molecule has 2 N–H and O–H groups in total. The van der Waals surface area contributed by atoms with Gasteiger partial charge in [0.25, 0.3) is 5.92 Å². The zero-order valence-electron chi connectivity index (χ0n) is 15.4. The van der Waals surface area contributed by atoms with Gasteiger partial charge >= 0.3 is 0 Å². The first-order valence-electron chi connectivity index (χ1n) is 8.80. The predicted molar refractivity (Wildman–Crippen MR) is 106 cm³/mol. The molecule has 0 bridgehead atoms. The van der Waals surface area contributed by atoms with Crippen molar-refractivity contribution in [2.75, 3.05) is 47.7 Å². The molecule has 1 aliphatic rings. The van der Waals surface area contributed by atoms with E-state index in [4.69, 9.17) is 0 Å². The standard InChI is InChI=1S/C19H23F2N5O/c1-22-17-13-15(5-8-18(17)25(2)24-27)23-14-3-6-16(7-4-14)26-11-9-19(20,21)10-12-26/h3-8,13,22-23H,9-12H2,1-2H3. The van der Waals surface area contributed by atoms with Crippen LogP contribution in [0.5, 0.6) is 0 Å². The summed E-state index contributed by atoms with van der Waals surface area (Å²) in [5, 5.41) is 10.5. The smallest absolute Gasteiger partial charge is 0.251 e. The minimum Gasteiger partial charge on any atom is -0.386 e. The molecule has 144 valence electrons. The van der Waals surface area contributed by atoms with Crippen LogP contribution in [0.25, 0.3) is 0 Å². The van der Waals surface area contributed by atoms with Crippen molar-refractivity contribution in [2.24, 2.45) is 5.29 Å². The van der Waals surface area contributed by atoms with Gasteiger partial charge in [-0.25, -0.2) is 13.8 Å². The van der Waals surface area contributed by atoms with Crippen molar-refractivity contribution < 1.29 is 8.78 Å². The second-order valence-electron chi connectivity index (χ2n) is 6.60. The summed E-state index contributed by atoms with van der Waals surface area (Å²) < 4.78 is 26.6. The average Bonchev–Trinajstić information content (AvgIpc) is 2.68. The number of halogens is 2. The van der Waals surface area contributed by atoms with E-state index in [1.165, 1.54) is 5.01 Å². The summed E-state index contributed by atoms with van der Waals surface area (Å²) in [6.45, 7) is 0.732. The molecule has 0 aromatic heterocycles. The molecule has 6 nitrogen and oxygen atoms in total. The second-order valence-corrected chi connectivity index (χ2v) is 6.60. The highest BCUT2D eigenvalue weighted by Crippen LogP contribution is 2.32. The van der Waals surface area contributed by atoms with Crippen LogP contribution < -0.4 is 20.5 Å². The SMILES string of the molecule is CNc1cc(Nc2ccc(N3CCC(F)(F)CC3)cc2)ccc1N(C)N=O. The minimum atomic E-state index is -2.54. The van der Waals surface area contributed by atoms with Gasteiger partial charge in [0.15, 0.2) is 0 Å². The van der Waals surface area contributed by atoms with Gasteiger partial charge < -0.3 is 15.5 Å². The van der Waals surface area contributed by atoms with Crippen LogP contribution in [0.15, 0.2) is 47.8 Å². The Kier molecular flexibility index (Phi) is 5.43. The van der Waals surface area contributed by atoms with Crippen LogP contribution in [0.3, 0.4) is 0 Å². The monoisotopic (exact) mass is 375 g/mol. The second kappa shape index (κ2) is 7.77. The van der Waals surface area contributed by atoms with Gasteiger partial charge in [-0.2, -0.15) is 0 Å². The lowest BCUT2D eigenvalue weighted by atomic mass is 10.1. The molecule has 0 radical (unpaired) electrons. The summed E-state index contributed by atoms with van der Waals surface area (Å²) in [6.07, 6.45) is -0.202. The lowest BCUT2D eigenvalue weighted by molar-refractivity contribution is -0.0220. The van der Waals surface area contributed by atoms with Crippen LogP contribution >= 0.6 is 0 Å². The number of nitrogens with one attached hydrogen (secondary N) is 2. The van der Waals surface area contributed by atoms with Crippen LogP contribution in [-0.4, -0.2) is 33.1 Å². The summed E-state index contributed by atoms with van der Waals surface area (Å²) in [6, 6.07) is 13.3. The first-order chi connectivity index (χ1) is 12.9. The van der Waals surface area contributed by atoms with E-state index in [2.05, 4.69) is 15.9 Å². The van der Waals surface area contributed by atoms with Crippen LogP contribution in [-0.2, 0) is 0 Å². The molecule has 1 fully saturated rings. The highest BCUT2D eigenvalue weighted by molar-refractivity contribution is 5.76. The normalized spacial score (nSPS) is 15.9. The minimum absolute atomic E-state index is 0.101. The predicted octanol–water partition coefficient (Wildman–Crippen LogP) is 4.83. The Morgan fingerprint density at radius 3 is 2.30 bits per heavy atom. The number of nitroso groups, excluding NO2 is 1. The number of alkyl halides is 2. The molecule has 2 aromatic carbocycles. The molecular weight excluding hydrogens is 352 g/mol. The maximum absolute atomic E-state index is 13.3. The Bertz CT molecular complexity index is 787. The third-order valence-electron chi connectivity index (χ3n) is 4.75. The van der Waals surface area contributed by atoms with E-state index >= 15 is 0 Å². The summed E-state index contributed by atoms with van der Waals surface area (Å²) in [7, 11) is 3.36. The molecule has 0 spiro atoms. The molecule has 27 heavy (non-hydrogen) atoms. The van der Waals surface area contributed by atoms with E-state index in [1.54, 1.807) is 20.2 Å². The number of rotatable bonds is 6. The quantitative estimate of drug-likeness (QED) is 0.560. The Labute approximate surface area is 157 Å². The maximum Gasteiger partial charge on any atom is 0.251 e. The van der Waals surface area contributed by atoms with Gasteiger partial charge in [0.05, 0.1) is 16.7 Å². The fraction of sp³-hybridized carbons (Fsp3) is 0.368. The first-order valence-corrected chi connectivity index (χ1v) is 8.80. The molecule has 1 aliphatic heterocycles. The van der Waals surface area contributed by atoms with E-state index in [9.17, 15) is 13.7 Å². The van der Waals surface area contributed by atoms with Crippen molar-refractivity contribution in [3.8, 4) is 0 Å². The number of hydrogen-bond donors (Lipinski definition) is 2. The summed E-state index contributed by atoms with van der Waals surface area (Å²) >= 11 is 0. The Morgan fingerprint density at radius 1 is 1.07 bits per heavy atom. The molecule has 8 heteroatoms. The summed E-state index contributed by atoms with van der Waals surface area (Å²) in [5.74, 6) is -2.54. The van der Waals surface area contributed by atoms with E-state index in [0.717, 1.165) is 22.7 Å². The molecule has 1 saturated heterocycles. The third kappa shape index (κ3) is 4.45. The third-order valence-corrected chi connectivity index (χ3v) is 4.75. The Hall–Kier alpha value is -2.90. The molecule has 0 aliphatic carbocycles. The molecule has 2 aromatic rings. The molecule has 0 atom stereocenters. The van der Waals surface area contributed by atoms with Gasteiger partial charge in [-0.15, -0.1) is 4.91 Å². The van der Waals surface area contributed by atoms with Gasteiger partial charge in [0.2, 0.25) is 0 Å². The molecule has 3 rings (SSSR count). The van der Waals surface area contributed by atoms with Crippen LogP contribution in [0.1, 0.15) is 12.8 Å². The van der Waals surface area contributed by atoms with Crippen molar-refractivity contribution >= 4 is 28.4 Å². The lowest BCUT2D eigenvalue weighted by Crippen LogP contribution is -2.39. The van der Waals surface area contributed by atoms with E-state index < -0.39 is 5.92 Å². The number of piperidine rings is 1. The average molecular weight is 375 g/mol. The molecule has 0 unspecified atom stereocenters. The Morgan fingerprint density at radius 2 is 1.70 bits per heavy atom. The van der Waals surface area contributed by atoms with Gasteiger partial charge in [0.1, 0.15) is 0 Å². The highest BCUT2D eigenvalue weighted by atomic mass is 19.3. The zero-order chi connectivity index (χ0) is 19.4. The topological polar surface area (TPSA) is 60.0 Å². The Balaban J connectivity index is 1.69. The number of nitrogens with zero attached hydrogens (tertiary/aromatic N) is 3. The van der Waals surface area contributed by atoms with Crippen LogP contribution in [0.4, 0.5) is 37.2 Å². The highest BCUT2D eigenvalue weighted by Gasteiger charge is 2.33. The molecular formula is C19H23F2N5O. The zero-order valence-corrected chi connectivity index (χ0v) is 15.4. The fourth-order valence-corrected chi connectivity index (χ4v) is 3.15. The van der Waals surface area contributed by atoms with Crippen molar-refractivity contribution in [3.05, 3.63) is 47.4 Å². The van der Waals surface area contributed by atoms with Crippen molar-refractivity contribution in [2.45, 2.75) is 18.8 Å². The van der Waals surface area contributed by atoms with Crippen LogP contribution in [0.2, 0.25) is 0 Å². The van der Waals surface area contributed by atoms with Gasteiger partial charge in [0, 0.05) is 57.1 Å².